The fraction of sp³-hybridized carbons (Fsp3) is 0.280. The van der Waals surface area contributed by atoms with Gasteiger partial charge in [0.25, 0.3) is 0 Å². The Bertz CT molecular complexity index is 1330. The van der Waals surface area contributed by atoms with Crippen molar-refractivity contribution in [1.82, 2.24) is 0 Å². The van der Waals surface area contributed by atoms with Gasteiger partial charge in [-0.3, -0.25) is 4.79 Å². The molecule has 1 amide bonds. The van der Waals surface area contributed by atoms with Gasteiger partial charge in [0, 0.05) is 34.5 Å². The van der Waals surface area contributed by atoms with Crippen molar-refractivity contribution >= 4 is 33.5 Å². The molecule has 4 rings (SSSR count). The highest BCUT2D eigenvalue weighted by molar-refractivity contribution is 5.97. The summed E-state index contributed by atoms with van der Waals surface area (Å²) in [6.45, 7) is 7.90. The van der Waals surface area contributed by atoms with E-state index in [-0.39, 0.29) is 12.3 Å². The van der Waals surface area contributed by atoms with Crippen LogP contribution >= 0.6 is 0 Å². The highest BCUT2D eigenvalue weighted by Crippen LogP contribution is 2.31. The summed E-state index contributed by atoms with van der Waals surface area (Å²) in [6, 6.07) is 11.5. The fourth-order valence-electron chi connectivity index (χ4n) is 3.92. The van der Waals surface area contributed by atoms with Crippen LogP contribution in [0.5, 0.6) is 0 Å². The molecule has 4 aromatic rings. The van der Waals surface area contributed by atoms with E-state index in [0.717, 1.165) is 45.3 Å². The lowest BCUT2D eigenvalue weighted by atomic mass is 10.0. The van der Waals surface area contributed by atoms with Crippen LogP contribution in [0, 0.1) is 20.8 Å². The van der Waals surface area contributed by atoms with Gasteiger partial charge in [-0.05, 0) is 62.4 Å². The third-order valence-electron chi connectivity index (χ3n) is 5.86. The van der Waals surface area contributed by atoms with Crippen LogP contribution in [0.25, 0.3) is 21.9 Å². The quantitative estimate of drug-likeness (QED) is 0.440. The second-order valence-corrected chi connectivity index (χ2v) is 7.68. The lowest BCUT2D eigenvalue weighted by Crippen LogP contribution is -2.17. The number of carbonyl (C=O) groups is 1. The number of hydrogen-bond donors (Lipinski definition) is 1. The molecule has 0 fully saturated rings. The van der Waals surface area contributed by atoms with Crippen molar-refractivity contribution in [3.63, 3.8) is 0 Å². The Hall–Kier alpha value is -3.34. The van der Waals surface area contributed by atoms with E-state index in [0.29, 0.717) is 23.2 Å². The number of anilines is 1. The first-order chi connectivity index (χ1) is 14.4. The third kappa shape index (κ3) is 3.52. The summed E-state index contributed by atoms with van der Waals surface area (Å²) < 4.78 is 11.3. The van der Waals surface area contributed by atoms with Gasteiger partial charge in [-0.2, -0.15) is 0 Å². The number of para-hydroxylation sites is 1. The first-order valence-corrected chi connectivity index (χ1v) is 10.2. The van der Waals surface area contributed by atoms with Crippen molar-refractivity contribution in [2.75, 3.05) is 5.32 Å². The van der Waals surface area contributed by atoms with E-state index in [4.69, 9.17) is 8.83 Å². The number of benzene rings is 2. The van der Waals surface area contributed by atoms with E-state index in [1.54, 1.807) is 6.07 Å². The number of nitrogens with one attached hydrogen (secondary N) is 1. The second-order valence-electron chi connectivity index (χ2n) is 7.68. The van der Waals surface area contributed by atoms with Crippen LogP contribution in [0.1, 0.15) is 41.4 Å². The molecule has 0 saturated carbocycles. The lowest BCUT2D eigenvalue weighted by molar-refractivity contribution is -0.116. The summed E-state index contributed by atoms with van der Waals surface area (Å²) in [7, 11) is 0. The first kappa shape index (κ1) is 20.0. The SMILES string of the molecule is CCc1ccccc1NC(=O)CCc1c(C)c2cc3c(C)c(C)oc3cc2oc1=O. The van der Waals surface area contributed by atoms with Gasteiger partial charge in [0.2, 0.25) is 5.91 Å². The van der Waals surface area contributed by atoms with Crippen molar-refractivity contribution in [2.24, 2.45) is 0 Å². The number of fused-ring (bicyclic) bond motifs is 2. The Morgan fingerprint density at radius 2 is 1.67 bits per heavy atom. The van der Waals surface area contributed by atoms with Gasteiger partial charge < -0.3 is 14.2 Å². The lowest BCUT2D eigenvalue weighted by Gasteiger charge is -2.11. The molecular weight excluding hydrogens is 378 g/mol. The Labute approximate surface area is 174 Å². The van der Waals surface area contributed by atoms with Gasteiger partial charge in [0.15, 0.2) is 0 Å². The summed E-state index contributed by atoms with van der Waals surface area (Å²) in [5.74, 6) is 0.733. The molecule has 2 aromatic heterocycles. The largest absolute Gasteiger partial charge is 0.461 e. The van der Waals surface area contributed by atoms with Crippen molar-refractivity contribution in [2.45, 2.75) is 47.0 Å². The molecule has 0 aliphatic rings. The van der Waals surface area contributed by atoms with Crippen LogP contribution < -0.4 is 10.9 Å². The van der Waals surface area contributed by atoms with Crippen LogP contribution in [0.4, 0.5) is 5.69 Å². The van der Waals surface area contributed by atoms with Crippen molar-refractivity contribution < 1.29 is 13.6 Å². The molecule has 0 spiro atoms. The van der Waals surface area contributed by atoms with Crippen molar-refractivity contribution in [3.8, 4) is 0 Å². The summed E-state index contributed by atoms with van der Waals surface area (Å²) in [6.07, 6.45) is 1.37. The van der Waals surface area contributed by atoms with E-state index >= 15 is 0 Å². The number of carbonyl (C=O) groups excluding carboxylic acids is 1. The Morgan fingerprint density at radius 1 is 0.967 bits per heavy atom. The average Bonchev–Trinajstić information content (AvgIpc) is 3.00. The molecular formula is C25H25NO4. The van der Waals surface area contributed by atoms with Gasteiger partial charge in [0.05, 0.1) is 0 Å². The summed E-state index contributed by atoms with van der Waals surface area (Å²) in [5, 5.41) is 4.84. The van der Waals surface area contributed by atoms with E-state index in [2.05, 4.69) is 12.2 Å². The Balaban J connectivity index is 1.62. The second kappa shape index (κ2) is 7.82. The van der Waals surface area contributed by atoms with Crippen LogP contribution in [0.3, 0.4) is 0 Å². The van der Waals surface area contributed by atoms with Gasteiger partial charge in [-0.1, -0.05) is 25.1 Å². The molecule has 2 aromatic carbocycles. The zero-order valence-corrected chi connectivity index (χ0v) is 17.7. The maximum absolute atomic E-state index is 12.6. The molecule has 154 valence electrons. The van der Waals surface area contributed by atoms with Gasteiger partial charge in [0.1, 0.15) is 16.9 Å². The molecule has 0 radical (unpaired) electrons. The van der Waals surface area contributed by atoms with Crippen LogP contribution in [0.15, 0.2) is 50.0 Å². The maximum Gasteiger partial charge on any atom is 0.339 e. The van der Waals surface area contributed by atoms with Crippen molar-refractivity contribution in [3.05, 3.63) is 74.8 Å². The zero-order valence-electron chi connectivity index (χ0n) is 17.7. The molecule has 30 heavy (non-hydrogen) atoms. The number of furan rings is 1. The Kier molecular flexibility index (Phi) is 5.20. The summed E-state index contributed by atoms with van der Waals surface area (Å²) in [4.78, 5) is 25.1. The van der Waals surface area contributed by atoms with E-state index < -0.39 is 5.63 Å². The maximum atomic E-state index is 12.6. The van der Waals surface area contributed by atoms with Gasteiger partial charge >= 0.3 is 5.63 Å². The van der Waals surface area contributed by atoms with Crippen LogP contribution in [-0.4, -0.2) is 5.91 Å². The number of rotatable bonds is 5. The monoisotopic (exact) mass is 403 g/mol. The van der Waals surface area contributed by atoms with Gasteiger partial charge in [-0.25, -0.2) is 4.79 Å². The summed E-state index contributed by atoms with van der Waals surface area (Å²) >= 11 is 0. The number of amides is 1. The molecule has 0 saturated heterocycles. The fourth-order valence-corrected chi connectivity index (χ4v) is 3.92. The highest BCUT2D eigenvalue weighted by Gasteiger charge is 2.16. The minimum atomic E-state index is -0.402. The van der Waals surface area contributed by atoms with Crippen LogP contribution in [-0.2, 0) is 17.6 Å². The highest BCUT2D eigenvalue weighted by atomic mass is 16.4. The predicted octanol–water partition coefficient (Wildman–Crippen LogP) is 5.60. The molecule has 0 aliphatic carbocycles. The molecule has 0 unspecified atom stereocenters. The predicted molar refractivity (Wildman–Crippen MR) is 119 cm³/mol. The number of hydrogen-bond acceptors (Lipinski definition) is 4. The van der Waals surface area contributed by atoms with Crippen molar-refractivity contribution in [1.29, 1.82) is 0 Å². The van der Waals surface area contributed by atoms with E-state index in [1.165, 1.54) is 0 Å². The first-order valence-electron chi connectivity index (χ1n) is 10.2. The zero-order chi connectivity index (χ0) is 21.4. The molecule has 0 aliphatic heterocycles. The topological polar surface area (TPSA) is 72.5 Å². The molecule has 5 nitrogen and oxygen atoms in total. The smallest absolute Gasteiger partial charge is 0.339 e. The van der Waals surface area contributed by atoms with E-state index in [1.807, 2.05) is 51.1 Å². The Morgan fingerprint density at radius 3 is 2.43 bits per heavy atom. The normalized spacial score (nSPS) is 11.3. The van der Waals surface area contributed by atoms with Gasteiger partial charge in [-0.15, -0.1) is 0 Å². The molecule has 1 N–H and O–H groups in total. The molecule has 2 heterocycles. The standard InChI is InChI=1S/C25H25NO4/c1-5-17-8-6-7-9-21(17)26-24(27)11-10-18-15(3)20-12-19-14(2)16(4)29-22(19)13-23(20)30-25(18)28/h6-9,12-13H,5,10-11H2,1-4H3,(H,26,27). The van der Waals surface area contributed by atoms with E-state index in [9.17, 15) is 9.59 Å². The third-order valence-corrected chi connectivity index (χ3v) is 5.86. The molecule has 5 heteroatoms. The van der Waals surface area contributed by atoms with Crippen LogP contribution in [0.2, 0.25) is 0 Å². The number of aryl methyl sites for hydroxylation is 4. The average molecular weight is 403 g/mol. The summed E-state index contributed by atoms with van der Waals surface area (Å²) in [5.41, 5.74) is 5.18. The minimum absolute atomic E-state index is 0.119. The molecule has 0 bridgehead atoms. The molecule has 0 atom stereocenters. The minimum Gasteiger partial charge on any atom is -0.461 e.